The molecule has 1 atom stereocenters. The Kier molecular flexibility index (Phi) is 1.78. The quantitative estimate of drug-likeness (QED) is 0.613. The standard InChI is InChI=1S/C9H11N3/c1-12-7-9(6-11-12)8-3-2-4-10-5-8/h2,4-8H,3H2,1H3. The molecule has 0 amide bonds. The average molecular weight is 161 g/mol. The second kappa shape index (κ2) is 2.93. The van der Waals surface area contributed by atoms with Gasteiger partial charge >= 0.3 is 0 Å². The summed E-state index contributed by atoms with van der Waals surface area (Å²) in [5, 5.41) is 4.12. The fourth-order valence-electron chi connectivity index (χ4n) is 1.34. The lowest BCUT2D eigenvalue weighted by Gasteiger charge is -2.08. The van der Waals surface area contributed by atoms with Crippen molar-refractivity contribution in [2.45, 2.75) is 12.3 Å². The van der Waals surface area contributed by atoms with Gasteiger partial charge in [0.2, 0.25) is 0 Å². The number of aryl methyl sites for hydroxylation is 1. The Morgan fingerprint density at radius 2 is 2.50 bits per heavy atom. The third-order valence-electron chi connectivity index (χ3n) is 2.00. The minimum atomic E-state index is 0.420. The molecule has 2 heterocycles. The largest absolute Gasteiger partial charge is 0.276 e. The van der Waals surface area contributed by atoms with Gasteiger partial charge in [0, 0.05) is 31.6 Å². The SMILES string of the molecule is Cn1cc(C2C=NC=CC2)cn1. The molecule has 3 nitrogen and oxygen atoms in total. The van der Waals surface area contributed by atoms with Gasteiger partial charge in [-0.1, -0.05) is 6.08 Å². The molecule has 0 N–H and O–H groups in total. The molecule has 0 aliphatic carbocycles. The van der Waals surface area contributed by atoms with Gasteiger partial charge in [-0.05, 0) is 12.0 Å². The van der Waals surface area contributed by atoms with Gasteiger partial charge in [0.25, 0.3) is 0 Å². The molecule has 0 spiro atoms. The van der Waals surface area contributed by atoms with Crippen LogP contribution in [0.3, 0.4) is 0 Å². The van der Waals surface area contributed by atoms with Crippen LogP contribution in [0.25, 0.3) is 0 Å². The lowest BCUT2D eigenvalue weighted by molar-refractivity contribution is 0.766. The summed E-state index contributed by atoms with van der Waals surface area (Å²) in [5.74, 6) is 0.420. The fourth-order valence-corrected chi connectivity index (χ4v) is 1.34. The monoisotopic (exact) mass is 161 g/mol. The van der Waals surface area contributed by atoms with Crippen molar-refractivity contribution in [3.63, 3.8) is 0 Å². The Morgan fingerprint density at radius 1 is 1.58 bits per heavy atom. The maximum Gasteiger partial charge on any atom is 0.0528 e. The Balaban J connectivity index is 2.20. The molecule has 1 aliphatic heterocycles. The highest BCUT2D eigenvalue weighted by Gasteiger charge is 2.10. The van der Waals surface area contributed by atoms with E-state index in [1.807, 2.05) is 36.5 Å². The Bertz CT molecular complexity index is 322. The molecule has 1 aromatic rings. The molecule has 3 heteroatoms. The molecule has 0 saturated heterocycles. The maximum absolute atomic E-state index is 4.12. The summed E-state index contributed by atoms with van der Waals surface area (Å²) < 4.78 is 1.82. The lowest BCUT2D eigenvalue weighted by atomic mass is 9.99. The van der Waals surface area contributed by atoms with Crippen molar-refractivity contribution in [3.05, 3.63) is 30.2 Å². The summed E-state index contributed by atoms with van der Waals surface area (Å²) in [6, 6.07) is 0. The van der Waals surface area contributed by atoms with Gasteiger partial charge < -0.3 is 0 Å². The third-order valence-corrected chi connectivity index (χ3v) is 2.00. The van der Waals surface area contributed by atoms with E-state index in [0.29, 0.717) is 5.92 Å². The first-order valence-electron chi connectivity index (χ1n) is 4.03. The van der Waals surface area contributed by atoms with Gasteiger partial charge in [-0.15, -0.1) is 0 Å². The minimum Gasteiger partial charge on any atom is -0.276 e. The zero-order chi connectivity index (χ0) is 8.39. The van der Waals surface area contributed by atoms with Crippen LogP contribution in [0.4, 0.5) is 0 Å². The summed E-state index contributed by atoms with van der Waals surface area (Å²) in [6.07, 6.45) is 10.9. The summed E-state index contributed by atoms with van der Waals surface area (Å²) in [7, 11) is 1.93. The summed E-state index contributed by atoms with van der Waals surface area (Å²) in [5.41, 5.74) is 1.24. The Hall–Kier alpha value is -1.38. The number of aromatic nitrogens is 2. The van der Waals surface area contributed by atoms with E-state index in [1.165, 1.54) is 5.56 Å². The van der Waals surface area contributed by atoms with Gasteiger partial charge in [-0.25, -0.2) is 0 Å². The average Bonchev–Trinajstić information content (AvgIpc) is 2.54. The highest BCUT2D eigenvalue weighted by atomic mass is 15.2. The topological polar surface area (TPSA) is 30.2 Å². The van der Waals surface area contributed by atoms with E-state index in [-0.39, 0.29) is 0 Å². The van der Waals surface area contributed by atoms with Crippen LogP contribution in [-0.2, 0) is 7.05 Å². The van der Waals surface area contributed by atoms with Gasteiger partial charge in [0.1, 0.15) is 0 Å². The highest BCUT2D eigenvalue weighted by Crippen LogP contribution is 2.19. The van der Waals surface area contributed by atoms with E-state index >= 15 is 0 Å². The Morgan fingerprint density at radius 3 is 3.08 bits per heavy atom. The molecule has 2 rings (SSSR count). The molecular weight excluding hydrogens is 150 g/mol. The van der Waals surface area contributed by atoms with E-state index in [2.05, 4.69) is 16.2 Å². The number of allylic oxidation sites excluding steroid dienone is 1. The van der Waals surface area contributed by atoms with Gasteiger partial charge in [-0.3, -0.25) is 9.67 Å². The minimum absolute atomic E-state index is 0.420. The molecule has 62 valence electrons. The summed E-state index contributed by atoms with van der Waals surface area (Å²) >= 11 is 0. The van der Waals surface area contributed by atoms with Gasteiger partial charge in [0.15, 0.2) is 0 Å². The van der Waals surface area contributed by atoms with E-state index in [9.17, 15) is 0 Å². The van der Waals surface area contributed by atoms with Crippen molar-refractivity contribution in [1.29, 1.82) is 0 Å². The molecule has 0 radical (unpaired) electrons. The van der Waals surface area contributed by atoms with Crippen molar-refractivity contribution >= 4 is 6.21 Å². The van der Waals surface area contributed by atoms with Crippen LogP contribution in [0, 0.1) is 0 Å². The molecule has 0 saturated carbocycles. The lowest BCUT2D eigenvalue weighted by Crippen LogP contribution is -1.99. The van der Waals surface area contributed by atoms with Crippen molar-refractivity contribution in [2.24, 2.45) is 12.0 Å². The number of aliphatic imine (C=N–C) groups is 1. The maximum atomic E-state index is 4.12. The predicted octanol–water partition coefficient (Wildman–Crippen LogP) is 1.49. The molecule has 12 heavy (non-hydrogen) atoms. The fraction of sp³-hybridized carbons (Fsp3) is 0.333. The first-order chi connectivity index (χ1) is 5.86. The molecule has 0 fully saturated rings. The van der Waals surface area contributed by atoms with Gasteiger partial charge in [-0.2, -0.15) is 5.10 Å². The van der Waals surface area contributed by atoms with Crippen LogP contribution in [0.5, 0.6) is 0 Å². The van der Waals surface area contributed by atoms with Crippen molar-refractivity contribution < 1.29 is 0 Å². The van der Waals surface area contributed by atoms with E-state index in [0.717, 1.165) is 6.42 Å². The first-order valence-corrected chi connectivity index (χ1v) is 4.03. The number of rotatable bonds is 1. The van der Waals surface area contributed by atoms with Crippen molar-refractivity contribution in [1.82, 2.24) is 9.78 Å². The second-order valence-corrected chi connectivity index (χ2v) is 2.97. The third kappa shape index (κ3) is 1.30. The molecule has 1 aliphatic rings. The van der Waals surface area contributed by atoms with Crippen LogP contribution in [0.15, 0.2) is 29.7 Å². The second-order valence-electron chi connectivity index (χ2n) is 2.97. The van der Waals surface area contributed by atoms with Crippen LogP contribution in [0.1, 0.15) is 17.9 Å². The summed E-state index contributed by atoms with van der Waals surface area (Å²) in [4.78, 5) is 4.10. The summed E-state index contributed by atoms with van der Waals surface area (Å²) in [6.45, 7) is 0. The van der Waals surface area contributed by atoms with Gasteiger partial charge in [0.05, 0.1) is 6.20 Å². The first kappa shape index (κ1) is 7.28. The molecule has 0 aromatic carbocycles. The van der Waals surface area contributed by atoms with Crippen LogP contribution in [0.2, 0.25) is 0 Å². The molecular formula is C9H11N3. The van der Waals surface area contributed by atoms with E-state index in [1.54, 1.807) is 0 Å². The number of hydrogen-bond acceptors (Lipinski definition) is 2. The molecule has 1 unspecified atom stereocenters. The van der Waals surface area contributed by atoms with Crippen LogP contribution in [-0.4, -0.2) is 16.0 Å². The zero-order valence-corrected chi connectivity index (χ0v) is 7.01. The van der Waals surface area contributed by atoms with Crippen molar-refractivity contribution in [3.8, 4) is 0 Å². The highest BCUT2D eigenvalue weighted by molar-refractivity contribution is 5.69. The Labute approximate surface area is 71.4 Å². The molecule has 1 aromatic heterocycles. The normalized spacial score (nSPS) is 21.6. The zero-order valence-electron chi connectivity index (χ0n) is 7.01. The van der Waals surface area contributed by atoms with E-state index in [4.69, 9.17) is 0 Å². The van der Waals surface area contributed by atoms with Crippen molar-refractivity contribution in [2.75, 3.05) is 0 Å². The smallest absolute Gasteiger partial charge is 0.0528 e. The predicted molar refractivity (Wildman–Crippen MR) is 48.2 cm³/mol. The molecule has 0 bridgehead atoms. The van der Waals surface area contributed by atoms with Crippen LogP contribution < -0.4 is 0 Å². The number of nitrogens with zero attached hydrogens (tertiary/aromatic N) is 3. The van der Waals surface area contributed by atoms with E-state index < -0.39 is 0 Å². The number of hydrogen-bond donors (Lipinski definition) is 0. The van der Waals surface area contributed by atoms with Crippen LogP contribution >= 0.6 is 0 Å².